The molecule has 3 aromatic rings. The monoisotopic (exact) mass is 367 g/mol. The molecule has 0 fully saturated rings. The number of benzene rings is 2. The van der Waals surface area contributed by atoms with Crippen LogP contribution in [0.3, 0.4) is 0 Å². The maximum absolute atomic E-state index is 4.45. The van der Waals surface area contributed by atoms with E-state index >= 15 is 0 Å². The van der Waals surface area contributed by atoms with Gasteiger partial charge in [-0.2, -0.15) is 0 Å². The number of fused-ring (bicyclic) bond motifs is 1. The summed E-state index contributed by atoms with van der Waals surface area (Å²) in [6.07, 6.45) is 0. The third-order valence-corrected chi connectivity index (χ3v) is 4.35. The normalized spacial score (nSPS) is 10.7. The number of hydrogen-bond donors (Lipinski definition) is 1. The molecule has 0 radical (unpaired) electrons. The van der Waals surface area contributed by atoms with Crippen LogP contribution < -0.4 is 5.32 Å². The Morgan fingerprint density at radius 2 is 1.89 bits per heavy atom. The van der Waals surface area contributed by atoms with Crippen LogP contribution in [0.25, 0.3) is 11.0 Å². The molecule has 0 aliphatic carbocycles. The summed E-state index contributed by atoms with van der Waals surface area (Å²) in [5.74, 6) is 0. The standard InChI is InChI=1S/C13H10BrN3Se/c14-10-6-4-9(5-7-10)8-15-11-2-1-3-12-13(11)17-18-16-12/h1-7,15H,8H2. The summed E-state index contributed by atoms with van der Waals surface area (Å²) >= 11 is 3.46. The summed E-state index contributed by atoms with van der Waals surface area (Å²) in [5, 5.41) is 3.42. The Morgan fingerprint density at radius 3 is 2.72 bits per heavy atom. The Kier molecular flexibility index (Phi) is 3.45. The number of nitrogens with zero attached hydrogens (tertiary/aromatic N) is 2. The molecule has 3 nitrogen and oxygen atoms in total. The van der Waals surface area contributed by atoms with Gasteiger partial charge in [0.15, 0.2) is 0 Å². The zero-order chi connectivity index (χ0) is 12.4. The molecule has 1 N–H and O–H groups in total. The zero-order valence-corrected chi connectivity index (χ0v) is 12.7. The quantitative estimate of drug-likeness (QED) is 0.724. The van der Waals surface area contributed by atoms with Gasteiger partial charge in [0.1, 0.15) is 0 Å². The Hall–Kier alpha value is -1.16. The van der Waals surface area contributed by atoms with Gasteiger partial charge in [-0.3, -0.25) is 0 Å². The van der Waals surface area contributed by atoms with Crippen molar-refractivity contribution in [2.24, 2.45) is 0 Å². The van der Waals surface area contributed by atoms with Crippen LogP contribution >= 0.6 is 15.9 Å². The summed E-state index contributed by atoms with van der Waals surface area (Å²) in [5.41, 5.74) is 4.33. The molecule has 90 valence electrons. The van der Waals surface area contributed by atoms with Crippen molar-refractivity contribution < 1.29 is 0 Å². The molecule has 0 saturated carbocycles. The molecule has 0 saturated heterocycles. The molecule has 0 amide bonds. The number of nitrogens with one attached hydrogen (secondary N) is 1. The van der Waals surface area contributed by atoms with Crippen LogP contribution in [0.5, 0.6) is 0 Å². The fourth-order valence-corrected chi connectivity index (χ4v) is 3.17. The molecule has 5 heteroatoms. The number of rotatable bonds is 3. The van der Waals surface area contributed by atoms with Crippen molar-refractivity contribution in [2.75, 3.05) is 5.32 Å². The first-order valence-electron chi connectivity index (χ1n) is 5.52. The summed E-state index contributed by atoms with van der Waals surface area (Å²) in [4.78, 5) is 0. The van der Waals surface area contributed by atoms with Crippen LogP contribution in [0.2, 0.25) is 0 Å². The Balaban J connectivity index is 1.80. The minimum atomic E-state index is 0.0255. The molecular formula is C13H10BrN3Se. The van der Waals surface area contributed by atoms with Crippen molar-refractivity contribution in [2.45, 2.75) is 6.54 Å². The number of aromatic nitrogens is 2. The second-order valence-corrected chi connectivity index (χ2v) is 5.94. The molecule has 0 unspecified atom stereocenters. The molecule has 2 aromatic carbocycles. The maximum atomic E-state index is 4.45. The third-order valence-electron chi connectivity index (χ3n) is 2.68. The van der Waals surface area contributed by atoms with Gasteiger partial charge in [0, 0.05) is 0 Å². The van der Waals surface area contributed by atoms with Crippen LogP contribution in [-0.4, -0.2) is 22.9 Å². The van der Waals surface area contributed by atoms with E-state index < -0.39 is 0 Å². The summed E-state index contributed by atoms with van der Waals surface area (Å²) in [7, 11) is 0. The Bertz CT molecular complexity index is 663. The van der Waals surface area contributed by atoms with Crippen LogP contribution in [0.1, 0.15) is 5.56 Å². The van der Waals surface area contributed by atoms with E-state index in [-0.39, 0.29) is 15.0 Å². The fourth-order valence-electron chi connectivity index (χ4n) is 1.75. The van der Waals surface area contributed by atoms with Gasteiger partial charge in [0.2, 0.25) is 0 Å². The molecule has 0 bridgehead atoms. The molecule has 0 aliphatic heterocycles. The van der Waals surface area contributed by atoms with E-state index in [0.717, 1.165) is 27.7 Å². The average molecular weight is 367 g/mol. The first kappa shape index (κ1) is 11.9. The van der Waals surface area contributed by atoms with Gasteiger partial charge in [0.25, 0.3) is 0 Å². The fraction of sp³-hybridized carbons (Fsp3) is 0.0769. The van der Waals surface area contributed by atoms with Crippen molar-refractivity contribution >= 4 is 47.6 Å². The van der Waals surface area contributed by atoms with E-state index in [9.17, 15) is 0 Å². The van der Waals surface area contributed by atoms with E-state index in [0.29, 0.717) is 0 Å². The van der Waals surface area contributed by atoms with Crippen molar-refractivity contribution in [1.29, 1.82) is 0 Å². The Morgan fingerprint density at radius 1 is 1.06 bits per heavy atom. The van der Waals surface area contributed by atoms with Gasteiger partial charge in [0.05, 0.1) is 0 Å². The first-order chi connectivity index (χ1) is 8.83. The van der Waals surface area contributed by atoms with E-state index in [2.05, 4.69) is 59.5 Å². The van der Waals surface area contributed by atoms with E-state index in [1.807, 2.05) is 12.1 Å². The number of hydrogen-bond acceptors (Lipinski definition) is 3. The SMILES string of the molecule is Brc1ccc(CNc2cccc3n[se]nc23)cc1. The van der Waals surface area contributed by atoms with Gasteiger partial charge in [-0.15, -0.1) is 0 Å². The molecule has 0 spiro atoms. The summed E-state index contributed by atoms with van der Waals surface area (Å²) < 4.78 is 9.93. The van der Waals surface area contributed by atoms with Crippen LogP contribution in [0.4, 0.5) is 5.69 Å². The van der Waals surface area contributed by atoms with E-state index in [1.165, 1.54) is 5.56 Å². The first-order valence-corrected chi connectivity index (χ1v) is 7.85. The third kappa shape index (κ3) is 2.48. The van der Waals surface area contributed by atoms with Gasteiger partial charge in [-0.1, -0.05) is 0 Å². The molecule has 1 heterocycles. The zero-order valence-electron chi connectivity index (χ0n) is 9.43. The summed E-state index contributed by atoms with van der Waals surface area (Å²) in [6, 6.07) is 14.4. The van der Waals surface area contributed by atoms with Crippen LogP contribution in [0.15, 0.2) is 46.9 Å². The summed E-state index contributed by atoms with van der Waals surface area (Å²) in [6.45, 7) is 0.798. The van der Waals surface area contributed by atoms with Gasteiger partial charge >= 0.3 is 120 Å². The van der Waals surface area contributed by atoms with E-state index in [4.69, 9.17) is 0 Å². The van der Waals surface area contributed by atoms with Crippen LogP contribution in [0, 0.1) is 0 Å². The second kappa shape index (κ2) is 5.22. The molecule has 0 atom stereocenters. The van der Waals surface area contributed by atoms with Gasteiger partial charge in [-0.05, 0) is 0 Å². The van der Waals surface area contributed by atoms with Gasteiger partial charge in [-0.25, -0.2) is 0 Å². The Labute approximate surface area is 120 Å². The van der Waals surface area contributed by atoms with Crippen molar-refractivity contribution in [3.8, 4) is 0 Å². The van der Waals surface area contributed by atoms with Crippen molar-refractivity contribution in [3.63, 3.8) is 0 Å². The second-order valence-electron chi connectivity index (χ2n) is 3.92. The predicted molar refractivity (Wildman–Crippen MR) is 77.9 cm³/mol. The van der Waals surface area contributed by atoms with Crippen molar-refractivity contribution in [3.05, 3.63) is 52.5 Å². The molecule has 1 aromatic heterocycles. The van der Waals surface area contributed by atoms with Crippen molar-refractivity contribution in [1.82, 2.24) is 7.96 Å². The van der Waals surface area contributed by atoms with E-state index in [1.54, 1.807) is 0 Å². The molecule has 18 heavy (non-hydrogen) atoms. The number of anilines is 1. The molecular weight excluding hydrogens is 357 g/mol. The molecule has 0 aliphatic rings. The topological polar surface area (TPSA) is 37.8 Å². The minimum absolute atomic E-state index is 0.0255. The van der Waals surface area contributed by atoms with Gasteiger partial charge < -0.3 is 0 Å². The molecule has 3 rings (SSSR count). The average Bonchev–Trinajstić information content (AvgIpc) is 2.87. The predicted octanol–water partition coefficient (Wildman–Crippen LogP) is 3.06. The number of halogens is 1. The van der Waals surface area contributed by atoms with Crippen LogP contribution in [-0.2, 0) is 6.54 Å².